The van der Waals surface area contributed by atoms with Crippen LogP contribution >= 0.6 is 11.3 Å². The number of aromatic nitrogens is 1. The summed E-state index contributed by atoms with van der Waals surface area (Å²) in [4.78, 5) is 23.9. The summed E-state index contributed by atoms with van der Waals surface area (Å²) in [7, 11) is 0. The lowest BCUT2D eigenvalue weighted by Crippen LogP contribution is -2.50. The second-order valence-electron chi connectivity index (χ2n) is 6.81. The van der Waals surface area contributed by atoms with E-state index in [1.807, 2.05) is 16.5 Å². The highest BCUT2D eigenvalue weighted by Crippen LogP contribution is 2.26. The van der Waals surface area contributed by atoms with Crippen LogP contribution < -0.4 is 4.90 Å². The number of fused-ring (bicyclic) bond motifs is 1. The van der Waals surface area contributed by atoms with Crippen LogP contribution in [0.5, 0.6) is 0 Å². The number of hydrogen-bond donors (Lipinski definition) is 0. The van der Waals surface area contributed by atoms with Gasteiger partial charge in [-0.2, -0.15) is 0 Å². The average molecular weight is 356 g/mol. The molecule has 4 rings (SSSR count). The molecule has 0 bridgehead atoms. The maximum atomic E-state index is 12.8. The van der Waals surface area contributed by atoms with Gasteiger partial charge in [-0.3, -0.25) is 14.6 Å². The van der Waals surface area contributed by atoms with E-state index in [9.17, 15) is 4.79 Å². The van der Waals surface area contributed by atoms with Gasteiger partial charge >= 0.3 is 0 Å². The normalized spacial score (nSPS) is 19.0. The van der Waals surface area contributed by atoms with Crippen molar-refractivity contribution in [3.8, 4) is 0 Å². The van der Waals surface area contributed by atoms with Crippen molar-refractivity contribution < 1.29 is 4.79 Å². The summed E-state index contributed by atoms with van der Waals surface area (Å²) in [6.07, 6.45) is 2.14. The van der Waals surface area contributed by atoms with Crippen molar-refractivity contribution in [1.82, 2.24) is 14.8 Å². The lowest BCUT2D eigenvalue weighted by Gasteiger charge is -2.36. The Morgan fingerprint density at radius 3 is 2.68 bits per heavy atom. The van der Waals surface area contributed by atoms with Gasteiger partial charge in [0.25, 0.3) is 0 Å². The van der Waals surface area contributed by atoms with Gasteiger partial charge in [-0.05, 0) is 24.5 Å². The molecule has 1 aromatic heterocycles. The molecule has 1 fully saturated rings. The van der Waals surface area contributed by atoms with Gasteiger partial charge in [0, 0.05) is 50.3 Å². The Kier molecular flexibility index (Phi) is 5.10. The van der Waals surface area contributed by atoms with Crippen LogP contribution in [-0.4, -0.2) is 60.0 Å². The van der Waals surface area contributed by atoms with E-state index in [2.05, 4.69) is 38.4 Å². The molecule has 1 saturated heterocycles. The van der Waals surface area contributed by atoms with Crippen molar-refractivity contribution in [3.05, 3.63) is 46.4 Å². The molecular formula is C19H24N4OS. The summed E-state index contributed by atoms with van der Waals surface area (Å²) in [5.74, 6) is 0.236. The zero-order valence-corrected chi connectivity index (χ0v) is 15.2. The topological polar surface area (TPSA) is 39.7 Å². The molecule has 0 aliphatic carbocycles. The minimum atomic E-state index is 0.236. The molecule has 0 unspecified atom stereocenters. The molecule has 0 atom stereocenters. The molecule has 3 heterocycles. The average Bonchev–Trinajstić information content (AvgIpc) is 3.16. The molecule has 5 nitrogen and oxygen atoms in total. The third kappa shape index (κ3) is 3.92. The van der Waals surface area contributed by atoms with Crippen LogP contribution in [0.15, 0.2) is 35.2 Å². The number of carbonyl (C=O) groups excluding carboxylic acids is 1. The van der Waals surface area contributed by atoms with E-state index in [4.69, 9.17) is 0 Å². The first-order valence-corrected chi connectivity index (χ1v) is 9.94. The fourth-order valence-corrected chi connectivity index (χ4v) is 4.27. The molecule has 2 aromatic rings. The summed E-state index contributed by atoms with van der Waals surface area (Å²) >= 11 is 1.65. The van der Waals surface area contributed by atoms with E-state index >= 15 is 0 Å². The van der Waals surface area contributed by atoms with E-state index in [0.29, 0.717) is 6.54 Å². The van der Waals surface area contributed by atoms with Crippen molar-refractivity contribution in [2.75, 3.05) is 44.2 Å². The summed E-state index contributed by atoms with van der Waals surface area (Å²) < 4.78 is 0. The zero-order valence-electron chi connectivity index (χ0n) is 14.4. The van der Waals surface area contributed by atoms with Crippen LogP contribution in [0, 0.1) is 0 Å². The number of anilines is 1. The molecule has 25 heavy (non-hydrogen) atoms. The van der Waals surface area contributed by atoms with Gasteiger partial charge in [0.1, 0.15) is 0 Å². The number of amides is 1. The largest absolute Gasteiger partial charge is 0.311 e. The number of aryl methyl sites for hydroxylation is 1. The molecular weight excluding hydrogens is 332 g/mol. The van der Waals surface area contributed by atoms with Crippen molar-refractivity contribution in [2.45, 2.75) is 19.4 Å². The second kappa shape index (κ2) is 7.64. The van der Waals surface area contributed by atoms with Gasteiger partial charge < -0.3 is 4.90 Å². The third-order valence-electron chi connectivity index (χ3n) is 5.10. The van der Waals surface area contributed by atoms with Crippen molar-refractivity contribution in [3.63, 3.8) is 0 Å². The second-order valence-corrected chi connectivity index (χ2v) is 7.53. The first-order valence-electron chi connectivity index (χ1n) is 8.99. The van der Waals surface area contributed by atoms with E-state index in [-0.39, 0.29) is 5.91 Å². The number of carbonyl (C=O) groups is 1. The molecule has 1 amide bonds. The third-order valence-corrected chi connectivity index (χ3v) is 5.74. The van der Waals surface area contributed by atoms with Crippen LogP contribution in [0.4, 0.5) is 5.69 Å². The lowest BCUT2D eigenvalue weighted by molar-refractivity contribution is -0.120. The van der Waals surface area contributed by atoms with E-state index in [0.717, 1.165) is 63.5 Å². The quantitative estimate of drug-likeness (QED) is 0.842. The number of hydrogen-bond acceptors (Lipinski definition) is 5. The maximum absolute atomic E-state index is 12.8. The number of piperazine rings is 1. The summed E-state index contributed by atoms with van der Waals surface area (Å²) in [5.41, 5.74) is 5.45. The van der Waals surface area contributed by atoms with Gasteiger partial charge in [0.15, 0.2) is 0 Å². The van der Waals surface area contributed by atoms with Crippen molar-refractivity contribution >= 4 is 22.9 Å². The highest BCUT2D eigenvalue weighted by molar-refractivity contribution is 7.07. The minimum absolute atomic E-state index is 0.236. The first kappa shape index (κ1) is 16.7. The van der Waals surface area contributed by atoms with Crippen LogP contribution in [0.2, 0.25) is 0 Å². The number of nitrogens with zero attached hydrogens (tertiary/aromatic N) is 4. The van der Waals surface area contributed by atoms with E-state index < -0.39 is 0 Å². The number of para-hydroxylation sites is 1. The molecule has 6 heteroatoms. The highest BCUT2D eigenvalue weighted by atomic mass is 32.1. The van der Waals surface area contributed by atoms with Gasteiger partial charge in [-0.15, -0.1) is 11.3 Å². The molecule has 1 aromatic carbocycles. The monoisotopic (exact) mass is 356 g/mol. The number of rotatable bonds is 4. The maximum Gasteiger partial charge on any atom is 0.241 e. The van der Waals surface area contributed by atoms with Gasteiger partial charge in [-0.1, -0.05) is 18.2 Å². The number of benzene rings is 1. The molecule has 0 N–H and O–H groups in total. The van der Waals surface area contributed by atoms with Crippen molar-refractivity contribution in [1.29, 1.82) is 0 Å². The number of thiazole rings is 1. The van der Waals surface area contributed by atoms with E-state index in [1.54, 1.807) is 11.3 Å². The SMILES string of the molecule is O=C(CN1CCN(Cc2cscn2)CC1)N1CCCc2ccccc21. The Balaban J connectivity index is 1.31. The van der Waals surface area contributed by atoms with Crippen LogP contribution in [0.1, 0.15) is 17.7 Å². The van der Waals surface area contributed by atoms with Gasteiger partial charge in [0.2, 0.25) is 5.91 Å². The predicted octanol–water partition coefficient (Wildman–Crippen LogP) is 2.24. The van der Waals surface area contributed by atoms with Gasteiger partial charge in [0.05, 0.1) is 17.7 Å². The summed E-state index contributed by atoms with van der Waals surface area (Å²) in [6, 6.07) is 8.32. The minimum Gasteiger partial charge on any atom is -0.311 e. The Hall–Kier alpha value is -1.76. The summed E-state index contributed by atoms with van der Waals surface area (Å²) in [5, 5.41) is 2.11. The van der Waals surface area contributed by atoms with Crippen LogP contribution in [0.25, 0.3) is 0 Å². The molecule has 132 valence electrons. The van der Waals surface area contributed by atoms with E-state index in [1.165, 1.54) is 5.56 Å². The summed E-state index contributed by atoms with van der Waals surface area (Å²) in [6.45, 7) is 6.20. The van der Waals surface area contributed by atoms with Crippen LogP contribution in [-0.2, 0) is 17.8 Å². The Labute approximate surface area is 152 Å². The Bertz CT molecular complexity index is 710. The van der Waals surface area contributed by atoms with Crippen LogP contribution in [0.3, 0.4) is 0 Å². The van der Waals surface area contributed by atoms with Gasteiger partial charge in [-0.25, -0.2) is 4.98 Å². The first-order chi connectivity index (χ1) is 12.3. The molecule has 0 radical (unpaired) electrons. The Morgan fingerprint density at radius 2 is 1.88 bits per heavy atom. The highest BCUT2D eigenvalue weighted by Gasteiger charge is 2.25. The zero-order chi connectivity index (χ0) is 17.1. The predicted molar refractivity (Wildman–Crippen MR) is 101 cm³/mol. The molecule has 0 spiro atoms. The molecule has 2 aliphatic heterocycles. The molecule has 0 saturated carbocycles. The smallest absolute Gasteiger partial charge is 0.241 e. The lowest BCUT2D eigenvalue weighted by atomic mass is 10.0. The molecule has 2 aliphatic rings. The standard InChI is InChI=1S/C19H24N4OS/c24-19(23-7-3-5-16-4-1-2-6-18(16)23)13-22-10-8-21(9-11-22)12-17-14-25-15-20-17/h1-2,4,6,14-15H,3,5,7-13H2. The fourth-order valence-electron chi connectivity index (χ4n) is 3.72. The van der Waals surface area contributed by atoms with Crippen molar-refractivity contribution in [2.24, 2.45) is 0 Å². The Morgan fingerprint density at radius 1 is 1.08 bits per heavy atom. The fraction of sp³-hybridized carbons (Fsp3) is 0.474.